The van der Waals surface area contributed by atoms with E-state index in [1.165, 1.54) is 23.9 Å². The summed E-state index contributed by atoms with van der Waals surface area (Å²) in [5, 5.41) is 6.16. The van der Waals surface area contributed by atoms with Crippen LogP contribution in [0.25, 0.3) is 0 Å². The first kappa shape index (κ1) is 19.1. The normalized spacial score (nSPS) is 14.2. The van der Waals surface area contributed by atoms with Crippen molar-refractivity contribution < 1.29 is 22.5 Å². The summed E-state index contributed by atoms with van der Waals surface area (Å²) in [7, 11) is 0. The number of para-hydroxylation sites is 1. The molecule has 26 heavy (non-hydrogen) atoms. The minimum absolute atomic E-state index is 0.00977. The molecule has 0 atom stereocenters. The smallest absolute Gasteiger partial charge is 0.361 e. The summed E-state index contributed by atoms with van der Waals surface area (Å²) < 4.78 is 44.4. The molecule has 140 valence electrons. The highest BCUT2D eigenvalue weighted by Gasteiger charge is 2.34. The molecule has 0 radical (unpaired) electrons. The van der Waals surface area contributed by atoms with Crippen LogP contribution in [-0.4, -0.2) is 16.8 Å². The number of amides is 1. The maximum atomic E-state index is 13.0. The summed E-state index contributed by atoms with van der Waals surface area (Å²) in [5.41, 5.74) is 0.542. The van der Waals surface area contributed by atoms with Gasteiger partial charge in [0.1, 0.15) is 5.76 Å². The van der Waals surface area contributed by atoms with E-state index in [9.17, 15) is 18.0 Å². The van der Waals surface area contributed by atoms with Crippen molar-refractivity contribution in [2.75, 3.05) is 11.1 Å². The van der Waals surface area contributed by atoms with Crippen LogP contribution in [0.5, 0.6) is 0 Å². The minimum atomic E-state index is -4.60. The first-order chi connectivity index (χ1) is 12.4. The predicted octanol–water partition coefficient (Wildman–Crippen LogP) is 5.10. The van der Waals surface area contributed by atoms with Crippen molar-refractivity contribution in [1.29, 1.82) is 0 Å². The topological polar surface area (TPSA) is 55.1 Å². The van der Waals surface area contributed by atoms with Crippen molar-refractivity contribution in [3.05, 3.63) is 45.8 Å². The second kappa shape index (κ2) is 7.92. The van der Waals surface area contributed by atoms with Crippen LogP contribution in [0.3, 0.4) is 0 Å². The number of hydrogen-bond acceptors (Lipinski definition) is 4. The molecule has 2 aromatic rings. The summed E-state index contributed by atoms with van der Waals surface area (Å²) in [5.74, 6) is 0.818. The molecular formula is C17H16ClF3N2O2S. The largest absolute Gasteiger partial charge is 0.418 e. The van der Waals surface area contributed by atoms with E-state index in [2.05, 4.69) is 10.5 Å². The van der Waals surface area contributed by atoms with E-state index in [1.807, 2.05) is 0 Å². The molecule has 0 bridgehead atoms. The van der Waals surface area contributed by atoms with E-state index in [-0.39, 0.29) is 10.8 Å². The Balaban J connectivity index is 1.59. The number of thioether (sulfide) groups is 1. The Morgan fingerprint density at radius 1 is 1.31 bits per heavy atom. The number of nitrogens with zero attached hydrogens (tertiary/aromatic N) is 1. The van der Waals surface area contributed by atoms with E-state index in [4.69, 9.17) is 16.1 Å². The van der Waals surface area contributed by atoms with Gasteiger partial charge in [0, 0.05) is 17.7 Å². The fourth-order valence-corrected chi connectivity index (χ4v) is 3.87. The van der Waals surface area contributed by atoms with Crippen LogP contribution in [0.2, 0.25) is 5.02 Å². The quantitative estimate of drug-likeness (QED) is 0.753. The van der Waals surface area contributed by atoms with Crippen molar-refractivity contribution >= 4 is 35.0 Å². The number of aromatic nitrogens is 1. The number of carbonyl (C=O) groups is 1. The van der Waals surface area contributed by atoms with Gasteiger partial charge in [-0.1, -0.05) is 22.8 Å². The molecule has 3 rings (SSSR count). The second-order valence-electron chi connectivity index (χ2n) is 5.94. The summed E-state index contributed by atoms with van der Waals surface area (Å²) in [6.07, 6.45) is -0.647. The first-order valence-corrected chi connectivity index (χ1v) is 9.59. The van der Waals surface area contributed by atoms with Crippen LogP contribution < -0.4 is 5.32 Å². The van der Waals surface area contributed by atoms with Crippen LogP contribution in [0, 0.1) is 0 Å². The average molecular weight is 405 g/mol. The lowest BCUT2D eigenvalue weighted by molar-refractivity contribution is -0.137. The first-order valence-electron chi connectivity index (χ1n) is 8.06. The number of carbonyl (C=O) groups excluding carboxylic acids is 1. The molecule has 9 heteroatoms. The van der Waals surface area contributed by atoms with Crippen LogP contribution in [0.15, 0.2) is 22.7 Å². The summed E-state index contributed by atoms with van der Waals surface area (Å²) in [6.45, 7) is 0. The monoisotopic (exact) mass is 404 g/mol. The Bertz CT molecular complexity index is 808. The van der Waals surface area contributed by atoms with Gasteiger partial charge in [0.2, 0.25) is 5.91 Å². The Morgan fingerprint density at radius 3 is 2.85 bits per heavy atom. The van der Waals surface area contributed by atoms with Gasteiger partial charge in [0.15, 0.2) is 0 Å². The Hall–Kier alpha value is -1.67. The number of nitrogens with one attached hydrogen (secondary N) is 1. The number of halogens is 4. The summed E-state index contributed by atoms with van der Waals surface area (Å²) in [6, 6.07) is 3.39. The molecule has 0 saturated heterocycles. The number of hydrogen-bond donors (Lipinski definition) is 1. The maximum Gasteiger partial charge on any atom is 0.418 e. The van der Waals surface area contributed by atoms with Crippen molar-refractivity contribution in [2.45, 2.75) is 37.6 Å². The summed E-state index contributed by atoms with van der Waals surface area (Å²) >= 11 is 7.10. The molecule has 1 aromatic heterocycles. The van der Waals surface area contributed by atoms with Crippen LogP contribution in [0.1, 0.15) is 35.4 Å². The molecule has 4 nitrogen and oxygen atoms in total. The number of fused-ring (bicyclic) bond motifs is 1. The van der Waals surface area contributed by atoms with E-state index in [0.29, 0.717) is 5.75 Å². The third kappa shape index (κ3) is 4.35. The fourth-order valence-electron chi connectivity index (χ4n) is 2.87. The third-order valence-electron chi connectivity index (χ3n) is 4.09. The lowest BCUT2D eigenvalue weighted by Gasteiger charge is -2.15. The van der Waals surface area contributed by atoms with Gasteiger partial charge in [-0.3, -0.25) is 4.79 Å². The Kier molecular flexibility index (Phi) is 5.82. The zero-order valence-electron chi connectivity index (χ0n) is 13.7. The van der Waals surface area contributed by atoms with Gasteiger partial charge in [-0.25, -0.2) is 0 Å². The fraction of sp³-hybridized carbons (Fsp3) is 0.412. The van der Waals surface area contributed by atoms with E-state index in [1.54, 1.807) is 0 Å². The highest BCUT2D eigenvalue weighted by atomic mass is 35.5. The second-order valence-corrected chi connectivity index (χ2v) is 7.33. The van der Waals surface area contributed by atoms with Gasteiger partial charge >= 0.3 is 6.18 Å². The molecule has 0 aliphatic heterocycles. The lowest BCUT2D eigenvalue weighted by Crippen LogP contribution is -2.18. The number of benzene rings is 1. The van der Waals surface area contributed by atoms with Crippen molar-refractivity contribution in [3.63, 3.8) is 0 Å². The van der Waals surface area contributed by atoms with Crippen molar-refractivity contribution in [2.24, 2.45) is 0 Å². The van der Waals surface area contributed by atoms with Gasteiger partial charge in [0.05, 0.1) is 27.7 Å². The Labute approximate surface area is 157 Å². The zero-order valence-corrected chi connectivity index (χ0v) is 15.2. The molecule has 0 spiro atoms. The van der Waals surface area contributed by atoms with E-state index >= 15 is 0 Å². The van der Waals surface area contributed by atoms with E-state index < -0.39 is 23.3 Å². The van der Waals surface area contributed by atoms with Gasteiger partial charge in [0.25, 0.3) is 0 Å². The maximum absolute atomic E-state index is 13.0. The predicted molar refractivity (Wildman–Crippen MR) is 94.4 cm³/mol. The number of anilines is 1. The lowest BCUT2D eigenvalue weighted by atomic mass is 9.97. The molecule has 0 unspecified atom stereocenters. The molecule has 0 fully saturated rings. The van der Waals surface area contributed by atoms with Gasteiger partial charge in [-0.15, -0.1) is 11.8 Å². The number of aryl methyl sites for hydroxylation is 1. The van der Waals surface area contributed by atoms with Crippen molar-refractivity contribution in [1.82, 2.24) is 5.16 Å². The third-order valence-corrected chi connectivity index (χ3v) is 5.35. The SMILES string of the molecule is O=C(CSCc1noc2c1CCCC2)Nc1c(Cl)cccc1C(F)(F)F. The molecule has 1 amide bonds. The highest BCUT2D eigenvalue weighted by molar-refractivity contribution is 7.99. The van der Waals surface area contributed by atoms with Crippen LogP contribution in [-0.2, 0) is 29.6 Å². The molecule has 1 N–H and O–H groups in total. The molecule has 1 aliphatic rings. The van der Waals surface area contributed by atoms with E-state index in [0.717, 1.165) is 48.8 Å². The molecule has 1 aromatic carbocycles. The molecule has 0 saturated carbocycles. The van der Waals surface area contributed by atoms with Crippen LogP contribution >= 0.6 is 23.4 Å². The molecule has 1 aliphatic carbocycles. The Morgan fingerprint density at radius 2 is 2.08 bits per heavy atom. The molecular weight excluding hydrogens is 389 g/mol. The number of rotatable bonds is 5. The summed E-state index contributed by atoms with van der Waals surface area (Å²) in [4.78, 5) is 12.1. The minimum Gasteiger partial charge on any atom is -0.361 e. The van der Waals surface area contributed by atoms with Gasteiger partial charge in [-0.05, 0) is 31.4 Å². The molecule has 1 heterocycles. The van der Waals surface area contributed by atoms with Gasteiger partial charge in [-0.2, -0.15) is 13.2 Å². The van der Waals surface area contributed by atoms with Crippen LogP contribution in [0.4, 0.5) is 18.9 Å². The standard InChI is InChI=1S/C17H16ClF3N2O2S/c18-12-6-3-5-11(17(19,20)21)16(12)22-15(24)9-26-8-13-10-4-1-2-7-14(10)25-23-13/h3,5-6H,1-2,4,7-9H2,(H,22,24). The van der Waals surface area contributed by atoms with Crippen molar-refractivity contribution in [3.8, 4) is 0 Å². The highest BCUT2D eigenvalue weighted by Crippen LogP contribution is 2.38. The average Bonchev–Trinajstić information content (AvgIpc) is 2.99. The zero-order chi connectivity index (χ0) is 18.7. The number of alkyl halides is 3. The van der Waals surface area contributed by atoms with Gasteiger partial charge < -0.3 is 9.84 Å².